The molecule has 1 aliphatic heterocycles. The van der Waals surface area contributed by atoms with Gasteiger partial charge in [-0.25, -0.2) is 13.4 Å². The molecular formula is C44H41N3O7S2. The van der Waals surface area contributed by atoms with Crippen LogP contribution in [0.5, 0.6) is 5.75 Å². The number of nitrogens with zero attached hydrogens (tertiary/aromatic N) is 2. The average Bonchev–Trinajstić information content (AvgIpc) is 3.82. The number of aromatic nitrogens is 1. The maximum absolute atomic E-state index is 13.9. The van der Waals surface area contributed by atoms with E-state index in [1.54, 1.807) is 23.5 Å². The van der Waals surface area contributed by atoms with Gasteiger partial charge in [-0.15, -0.1) is 11.3 Å². The van der Waals surface area contributed by atoms with Gasteiger partial charge in [0.1, 0.15) is 10.8 Å². The topological polar surface area (TPSA) is 127 Å². The second kappa shape index (κ2) is 16.0. The number of amides is 1. The number of aliphatic hydroxyl groups excluding tert-OH is 1. The van der Waals surface area contributed by atoms with E-state index in [-0.39, 0.29) is 42.9 Å². The molecule has 5 aromatic carbocycles. The monoisotopic (exact) mass is 787 g/mol. The van der Waals surface area contributed by atoms with E-state index in [0.29, 0.717) is 17.9 Å². The number of anilines is 1. The maximum Gasteiger partial charge on any atom is 0.290 e. The van der Waals surface area contributed by atoms with E-state index in [0.717, 1.165) is 32.8 Å². The van der Waals surface area contributed by atoms with Crippen LogP contribution in [0.15, 0.2) is 126 Å². The highest BCUT2D eigenvalue weighted by Gasteiger charge is 2.33. The zero-order valence-electron chi connectivity index (χ0n) is 31.0. The van der Waals surface area contributed by atoms with Crippen LogP contribution in [0.25, 0.3) is 31.9 Å². The number of nitrogens with one attached hydrogen (secondary N) is 1. The minimum absolute atomic E-state index is 0.0349. The van der Waals surface area contributed by atoms with Crippen molar-refractivity contribution in [1.82, 2.24) is 9.29 Å². The Labute approximate surface area is 330 Å². The number of aryl methyl sites for hydroxylation is 1. The van der Waals surface area contributed by atoms with Crippen molar-refractivity contribution in [2.75, 3.05) is 38.7 Å². The molecule has 6 aromatic rings. The summed E-state index contributed by atoms with van der Waals surface area (Å²) in [5.74, 6) is -0.00262. The van der Waals surface area contributed by atoms with E-state index < -0.39 is 22.2 Å². The molecule has 2 unspecified atom stereocenters. The number of aliphatic hydroxyl groups is 1. The summed E-state index contributed by atoms with van der Waals surface area (Å²) < 4.78 is 47.0. The number of fused-ring (bicyclic) bond motifs is 4. The number of hydrogen-bond acceptors (Lipinski definition) is 9. The Morgan fingerprint density at radius 2 is 1.75 bits per heavy atom. The molecule has 2 atom stereocenters. The highest BCUT2D eigenvalue weighted by atomic mass is 32.2. The summed E-state index contributed by atoms with van der Waals surface area (Å²) in [5, 5.41) is 13.7. The molecule has 1 aromatic heterocycles. The van der Waals surface area contributed by atoms with Crippen molar-refractivity contribution in [2.24, 2.45) is 0 Å². The van der Waals surface area contributed by atoms with Crippen LogP contribution in [0.1, 0.15) is 34.6 Å². The Balaban J connectivity index is 1.02. The van der Waals surface area contributed by atoms with Crippen molar-refractivity contribution in [1.29, 1.82) is 0 Å². The van der Waals surface area contributed by atoms with E-state index >= 15 is 0 Å². The third-order valence-corrected chi connectivity index (χ3v) is 13.2. The summed E-state index contributed by atoms with van der Waals surface area (Å²) >= 11 is 1.63. The van der Waals surface area contributed by atoms with Crippen molar-refractivity contribution < 1.29 is 32.5 Å². The zero-order chi connectivity index (χ0) is 38.8. The molecule has 2 N–H and O–H groups in total. The SMILES string of the molecule is COc1ccc(S(=O)(=O)N(CCO)CCOC2CC(c3cccc4c3Cc3ccccc3-4)C=C(C(=O)Nc3ccc(-c4nc5ccc(C)cc5s4)cc3)O2)cc1. The van der Waals surface area contributed by atoms with Crippen molar-refractivity contribution in [2.45, 2.75) is 36.9 Å². The summed E-state index contributed by atoms with van der Waals surface area (Å²) in [7, 11) is -2.44. The molecular weight excluding hydrogens is 747 g/mol. The third-order valence-electron chi connectivity index (χ3n) is 10.2. The van der Waals surface area contributed by atoms with E-state index in [2.05, 4.69) is 48.6 Å². The number of carbonyl (C=O) groups is 1. The Bertz CT molecular complexity index is 2530. The molecule has 8 rings (SSSR count). The highest BCUT2D eigenvalue weighted by molar-refractivity contribution is 7.89. The molecule has 0 saturated heterocycles. The number of rotatable bonds is 13. The average molecular weight is 788 g/mol. The molecule has 10 nitrogen and oxygen atoms in total. The van der Waals surface area contributed by atoms with Gasteiger partial charge in [0.2, 0.25) is 16.3 Å². The number of ether oxygens (including phenoxy) is 3. The number of methoxy groups -OCH3 is 1. The minimum Gasteiger partial charge on any atom is -0.497 e. The van der Waals surface area contributed by atoms with Crippen LogP contribution < -0.4 is 10.1 Å². The van der Waals surface area contributed by atoms with Gasteiger partial charge in [-0.3, -0.25) is 4.79 Å². The van der Waals surface area contributed by atoms with Gasteiger partial charge in [0.25, 0.3) is 5.91 Å². The second-order valence-electron chi connectivity index (χ2n) is 13.8. The van der Waals surface area contributed by atoms with Crippen LogP contribution in [0.3, 0.4) is 0 Å². The molecule has 2 heterocycles. The number of carbonyl (C=O) groups excluding carboxylic acids is 1. The molecule has 1 amide bonds. The molecule has 0 bridgehead atoms. The smallest absolute Gasteiger partial charge is 0.290 e. The van der Waals surface area contributed by atoms with Gasteiger partial charge in [0.15, 0.2) is 5.76 Å². The second-order valence-corrected chi connectivity index (χ2v) is 16.8. The summed E-state index contributed by atoms with van der Waals surface area (Å²) in [6.45, 7) is 1.50. The molecule has 56 heavy (non-hydrogen) atoms. The van der Waals surface area contributed by atoms with Gasteiger partial charge in [-0.2, -0.15) is 4.31 Å². The van der Waals surface area contributed by atoms with Gasteiger partial charge < -0.3 is 24.6 Å². The van der Waals surface area contributed by atoms with E-state index in [1.807, 2.05) is 54.6 Å². The lowest BCUT2D eigenvalue weighted by atomic mass is 9.87. The Morgan fingerprint density at radius 1 is 0.964 bits per heavy atom. The van der Waals surface area contributed by atoms with Crippen LogP contribution in [0.4, 0.5) is 5.69 Å². The van der Waals surface area contributed by atoms with Crippen molar-refractivity contribution in [3.8, 4) is 27.4 Å². The largest absolute Gasteiger partial charge is 0.497 e. The van der Waals surface area contributed by atoms with E-state index in [1.165, 1.54) is 51.4 Å². The van der Waals surface area contributed by atoms with Gasteiger partial charge in [0.05, 0.1) is 35.4 Å². The summed E-state index contributed by atoms with van der Waals surface area (Å²) in [6, 6.07) is 34.5. The summed E-state index contributed by atoms with van der Waals surface area (Å²) in [4.78, 5) is 18.8. The highest BCUT2D eigenvalue weighted by Crippen LogP contribution is 2.43. The lowest BCUT2D eigenvalue weighted by molar-refractivity contribution is -0.143. The Hall–Kier alpha value is -5.37. The minimum atomic E-state index is -3.95. The number of allylic oxidation sites excluding steroid dienone is 1. The zero-order valence-corrected chi connectivity index (χ0v) is 32.6. The van der Waals surface area contributed by atoms with Crippen LogP contribution in [-0.4, -0.2) is 68.4 Å². The molecule has 0 radical (unpaired) electrons. The maximum atomic E-state index is 13.9. The quantitative estimate of drug-likeness (QED) is 0.121. The van der Waals surface area contributed by atoms with Crippen molar-refractivity contribution >= 4 is 43.2 Å². The fourth-order valence-electron chi connectivity index (χ4n) is 7.36. The Morgan fingerprint density at radius 3 is 2.54 bits per heavy atom. The van der Waals surface area contributed by atoms with Crippen molar-refractivity contribution in [3.63, 3.8) is 0 Å². The van der Waals surface area contributed by atoms with Crippen molar-refractivity contribution in [3.05, 3.63) is 143 Å². The first-order valence-corrected chi connectivity index (χ1v) is 20.7. The van der Waals surface area contributed by atoms with Gasteiger partial charge in [-0.1, -0.05) is 48.5 Å². The normalized spacial score (nSPS) is 16.2. The first-order valence-electron chi connectivity index (χ1n) is 18.4. The summed E-state index contributed by atoms with van der Waals surface area (Å²) in [5.41, 5.74) is 9.60. The lowest BCUT2D eigenvalue weighted by Crippen LogP contribution is -2.38. The fraction of sp³-hybridized carbons (Fsp3) is 0.227. The van der Waals surface area contributed by atoms with E-state index in [9.17, 15) is 18.3 Å². The molecule has 0 spiro atoms. The molecule has 0 fully saturated rings. The molecule has 2 aliphatic rings. The van der Waals surface area contributed by atoms with Gasteiger partial charge in [0, 0.05) is 36.7 Å². The predicted molar refractivity (Wildman–Crippen MR) is 218 cm³/mol. The Kier molecular flexibility index (Phi) is 10.7. The lowest BCUT2D eigenvalue weighted by Gasteiger charge is -2.31. The predicted octanol–water partition coefficient (Wildman–Crippen LogP) is 7.90. The molecule has 286 valence electrons. The van der Waals surface area contributed by atoms with Gasteiger partial charge in [-0.05, 0) is 113 Å². The van der Waals surface area contributed by atoms with Crippen LogP contribution in [0.2, 0.25) is 0 Å². The van der Waals surface area contributed by atoms with E-state index in [4.69, 9.17) is 19.2 Å². The number of thiazole rings is 1. The standard InChI is InChI=1S/C44H41N3O7S2/c1-28-10-19-39-41(24-28)55-44(46-39)29-11-13-32(14-12-29)45-43(49)40-26-31(36-8-5-9-37-35-7-4-3-6-30(35)25-38(36)37)27-42(54-40)53-23-21-47(20-22-48)56(50,51)34-17-15-33(52-2)16-18-34/h3-19,24,26,31,42,48H,20-23,25,27H2,1-2H3,(H,45,49). The number of hydrogen-bond donors (Lipinski definition) is 2. The molecule has 0 saturated carbocycles. The third kappa shape index (κ3) is 7.71. The van der Waals surface area contributed by atoms with Crippen LogP contribution in [-0.2, 0) is 30.7 Å². The first-order chi connectivity index (χ1) is 27.2. The fourth-order valence-corrected chi connectivity index (χ4v) is 9.84. The molecule has 12 heteroatoms. The first kappa shape index (κ1) is 37.5. The number of sulfonamides is 1. The van der Waals surface area contributed by atoms with Gasteiger partial charge >= 0.3 is 0 Å². The van der Waals surface area contributed by atoms with Crippen LogP contribution >= 0.6 is 11.3 Å². The number of benzene rings is 5. The van der Waals surface area contributed by atoms with Crippen LogP contribution in [0, 0.1) is 6.92 Å². The molecule has 1 aliphatic carbocycles. The summed E-state index contributed by atoms with van der Waals surface area (Å²) in [6.07, 6.45) is 2.19.